The van der Waals surface area contributed by atoms with Gasteiger partial charge in [-0.05, 0) is 50.4 Å². The van der Waals surface area contributed by atoms with E-state index in [1.54, 1.807) is 0 Å². The van der Waals surface area contributed by atoms with Gasteiger partial charge in [-0.25, -0.2) is 4.68 Å². The number of aromatic nitrogens is 4. The molecule has 0 saturated carbocycles. The largest absolute Gasteiger partial charge is 0.345 e. The van der Waals surface area contributed by atoms with Crippen molar-refractivity contribution >= 4 is 17.4 Å². The molecule has 2 heterocycles. The van der Waals surface area contributed by atoms with E-state index in [4.69, 9.17) is 0 Å². The zero-order chi connectivity index (χ0) is 18.0. The molecule has 1 aromatic carbocycles. The van der Waals surface area contributed by atoms with Crippen molar-refractivity contribution in [3.05, 3.63) is 57.9 Å². The molecule has 3 rings (SSSR count). The zero-order valence-corrected chi connectivity index (χ0v) is 15.6. The minimum Gasteiger partial charge on any atom is -0.345 e. The fourth-order valence-electron chi connectivity index (χ4n) is 2.84. The third kappa shape index (κ3) is 3.32. The topological polar surface area (TPSA) is 72.7 Å². The van der Waals surface area contributed by atoms with Gasteiger partial charge in [0.25, 0.3) is 5.91 Å². The second kappa shape index (κ2) is 7.14. The molecule has 0 unspecified atom stereocenters. The maximum absolute atomic E-state index is 12.5. The number of amides is 1. The van der Waals surface area contributed by atoms with Gasteiger partial charge in [0.05, 0.1) is 23.6 Å². The fraction of sp³-hybridized carbons (Fsp3) is 0.333. The van der Waals surface area contributed by atoms with E-state index in [-0.39, 0.29) is 11.9 Å². The van der Waals surface area contributed by atoms with Gasteiger partial charge < -0.3 is 5.32 Å². The standard InChI is InChI=1S/C18H21N5OS/c1-5-15-17(25-22-21-15)18(24)20-12(3)14-10-19-23(13(14)4)16-9-7-6-8-11(16)2/h6-10,12H,5H2,1-4H3,(H,20,24)/t12-/m0/s1. The summed E-state index contributed by atoms with van der Waals surface area (Å²) in [5.74, 6) is -0.137. The van der Waals surface area contributed by atoms with Crippen molar-refractivity contribution in [2.75, 3.05) is 0 Å². The van der Waals surface area contributed by atoms with E-state index < -0.39 is 0 Å². The summed E-state index contributed by atoms with van der Waals surface area (Å²) in [7, 11) is 0. The summed E-state index contributed by atoms with van der Waals surface area (Å²) in [4.78, 5) is 13.1. The molecule has 2 aromatic heterocycles. The van der Waals surface area contributed by atoms with Crippen molar-refractivity contribution in [3.63, 3.8) is 0 Å². The molecule has 6 nitrogen and oxygen atoms in total. The fourth-order valence-corrected chi connectivity index (χ4v) is 3.50. The van der Waals surface area contributed by atoms with Crippen LogP contribution in [0.3, 0.4) is 0 Å². The number of nitrogens with one attached hydrogen (secondary N) is 1. The molecule has 1 N–H and O–H groups in total. The first-order chi connectivity index (χ1) is 12.0. The Labute approximate surface area is 151 Å². The van der Waals surface area contributed by atoms with E-state index in [2.05, 4.69) is 33.0 Å². The summed E-state index contributed by atoms with van der Waals surface area (Å²) >= 11 is 1.13. The Morgan fingerprint density at radius 3 is 2.80 bits per heavy atom. The van der Waals surface area contributed by atoms with Crippen LogP contribution in [-0.2, 0) is 6.42 Å². The van der Waals surface area contributed by atoms with Gasteiger partial charge in [0, 0.05) is 11.3 Å². The minimum absolute atomic E-state index is 0.137. The van der Waals surface area contributed by atoms with Crippen LogP contribution in [0.25, 0.3) is 5.69 Å². The van der Waals surface area contributed by atoms with Crippen molar-refractivity contribution in [3.8, 4) is 5.69 Å². The quantitative estimate of drug-likeness (QED) is 0.761. The van der Waals surface area contributed by atoms with Gasteiger partial charge in [0.15, 0.2) is 0 Å². The first kappa shape index (κ1) is 17.3. The van der Waals surface area contributed by atoms with Gasteiger partial charge in [0.1, 0.15) is 4.88 Å². The molecule has 25 heavy (non-hydrogen) atoms. The van der Waals surface area contributed by atoms with Gasteiger partial charge in [-0.1, -0.05) is 29.6 Å². The van der Waals surface area contributed by atoms with Crippen LogP contribution in [0.5, 0.6) is 0 Å². The predicted molar refractivity (Wildman–Crippen MR) is 98.2 cm³/mol. The lowest BCUT2D eigenvalue weighted by Gasteiger charge is -2.14. The highest BCUT2D eigenvalue weighted by atomic mass is 32.1. The van der Waals surface area contributed by atoms with E-state index in [9.17, 15) is 4.79 Å². The highest BCUT2D eigenvalue weighted by molar-refractivity contribution is 7.08. The summed E-state index contributed by atoms with van der Waals surface area (Å²) in [5, 5.41) is 11.5. The first-order valence-corrected chi connectivity index (χ1v) is 9.02. The molecule has 0 bridgehead atoms. The second-order valence-electron chi connectivity index (χ2n) is 5.98. The predicted octanol–water partition coefficient (Wildman–Crippen LogP) is 3.39. The van der Waals surface area contributed by atoms with E-state index in [0.29, 0.717) is 11.3 Å². The lowest BCUT2D eigenvalue weighted by Crippen LogP contribution is -2.27. The number of hydrogen-bond donors (Lipinski definition) is 1. The van der Waals surface area contributed by atoms with Gasteiger partial charge in [-0.2, -0.15) is 5.10 Å². The highest BCUT2D eigenvalue weighted by Crippen LogP contribution is 2.22. The Morgan fingerprint density at radius 1 is 1.32 bits per heavy atom. The first-order valence-electron chi connectivity index (χ1n) is 8.25. The second-order valence-corrected chi connectivity index (χ2v) is 6.74. The summed E-state index contributed by atoms with van der Waals surface area (Å²) in [5.41, 5.74) is 4.94. The average Bonchev–Trinajstić information content (AvgIpc) is 3.21. The average molecular weight is 355 g/mol. The molecular formula is C18H21N5OS. The van der Waals surface area contributed by atoms with Crippen LogP contribution >= 0.6 is 11.5 Å². The molecule has 1 atom stereocenters. The number of hydrogen-bond acceptors (Lipinski definition) is 5. The SMILES string of the molecule is CCc1nnsc1C(=O)N[C@@H](C)c1cnn(-c2ccccc2C)c1C. The summed E-state index contributed by atoms with van der Waals surface area (Å²) in [6.45, 7) is 8.01. The molecule has 0 aliphatic rings. The Hall–Kier alpha value is -2.54. The molecule has 0 spiro atoms. The maximum atomic E-state index is 12.5. The highest BCUT2D eigenvalue weighted by Gasteiger charge is 2.20. The van der Waals surface area contributed by atoms with E-state index in [1.165, 1.54) is 0 Å². The van der Waals surface area contributed by atoms with Crippen molar-refractivity contribution in [1.82, 2.24) is 24.7 Å². The molecule has 0 saturated heterocycles. The number of rotatable bonds is 5. The Kier molecular flexibility index (Phi) is 4.94. The Bertz CT molecular complexity index is 899. The Balaban J connectivity index is 1.83. The smallest absolute Gasteiger partial charge is 0.265 e. The van der Waals surface area contributed by atoms with Crippen LogP contribution in [0.1, 0.15) is 52.1 Å². The molecule has 0 fully saturated rings. The molecule has 0 aliphatic carbocycles. The number of benzene rings is 1. The van der Waals surface area contributed by atoms with E-state index in [0.717, 1.165) is 39.7 Å². The monoisotopic (exact) mass is 355 g/mol. The molecule has 0 radical (unpaired) electrons. The minimum atomic E-state index is -0.155. The van der Waals surface area contributed by atoms with Gasteiger partial charge in [-0.15, -0.1) is 5.10 Å². The lowest BCUT2D eigenvalue weighted by atomic mass is 10.1. The third-order valence-electron chi connectivity index (χ3n) is 4.30. The van der Waals surface area contributed by atoms with Crippen LogP contribution in [-0.4, -0.2) is 25.3 Å². The number of nitrogens with zero attached hydrogens (tertiary/aromatic N) is 4. The van der Waals surface area contributed by atoms with Crippen molar-refractivity contribution in [2.24, 2.45) is 0 Å². The van der Waals surface area contributed by atoms with Crippen LogP contribution in [0.2, 0.25) is 0 Å². The van der Waals surface area contributed by atoms with Gasteiger partial charge in [0.2, 0.25) is 0 Å². The molecule has 130 valence electrons. The Morgan fingerprint density at radius 2 is 2.08 bits per heavy atom. The van der Waals surface area contributed by atoms with E-state index in [1.807, 2.05) is 49.8 Å². The van der Waals surface area contributed by atoms with Crippen LogP contribution in [0.15, 0.2) is 30.5 Å². The maximum Gasteiger partial charge on any atom is 0.265 e. The zero-order valence-electron chi connectivity index (χ0n) is 14.8. The normalized spacial score (nSPS) is 12.2. The third-order valence-corrected chi connectivity index (χ3v) is 5.07. The van der Waals surface area contributed by atoms with Gasteiger partial charge >= 0.3 is 0 Å². The number of para-hydroxylation sites is 1. The molecular weight excluding hydrogens is 334 g/mol. The van der Waals surface area contributed by atoms with Crippen molar-refractivity contribution in [1.29, 1.82) is 0 Å². The molecule has 1 amide bonds. The van der Waals surface area contributed by atoms with E-state index >= 15 is 0 Å². The van der Waals surface area contributed by atoms with Gasteiger partial charge in [-0.3, -0.25) is 4.79 Å². The number of carbonyl (C=O) groups excluding carboxylic acids is 1. The van der Waals surface area contributed by atoms with Crippen LogP contribution in [0, 0.1) is 13.8 Å². The summed E-state index contributed by atoms with van der Waals surface area (Å²) < 4.78 is 5.80. The van der Waals surface area contributed by atoms with Crippen LogP contribution in [0.4, 0.5) is 0 Å². The molecule has 3 aromatic rings. The molecule has 0 aliphatic heterocycles. The van der Waals surface area contributed by atoms with Crippen molar-refractivity contribution < 1.29 is 4.79 Å². The summed E-state index contributed by atoms with van der Waals surface area (Å²) in [6.07, 6.45) is 2.51. The number of aryl methyl sites for hydroxylation is 2. The summed E-state index contributed by atoms with van der Waals surface area (Å²) in [6, 6.07) is 7.95. The van der Waals surface area contributed by atoms with Crippen molar-refractivity contribution in [2.45, 2.75) is 40.2 Å². The number of carbonyl (C=O) groups is 1. The lowest BCUT2D eigenvalue weighted by molar-refractivity contribution is 0.0943. The van der Waals surface area contributed by atoms with Crippen LogP contribution < -0.4 is 5.32 Å². The molecule has 7 heteroatoms.